The van der Waals surface area contributed by atoms with Gasteiger partial charge in [0.05, 0.1) is 0 Å². The van der Waals surface area contributed by atoms with Crippen molar-refractivity contribution in [3.05, 3.63) is 114 Å². The molecule has 0 nitrogen and oxygen atoms in total. The van der Waals surface area contributed by atoms with Gasteiger partial charge in [-0.05, 0) is 61.7 Å². The van der Waals surface area contributed by atoms with Gasteiger partial charge in [0.1, 0.15) is 0 Å². The molecule has 224 valence electrons. The summed E-state index contributed by atoms with van der Waals surface area (Å²) in [6.45, 7) is 6.75. The van der Waals surface area contributed by atoms with E-state index in [1.807, 2.05) is 0 Å². The van der Waals surface area contributed by atoms with Gasteiger partial charge in [0, 0.05) is 0 Å². The number of fused-ring (bicyclic) bond motifs is 3. The Hall–Kier alpha value is -1.66. The topological polar surface area (TPSA) is 0 Å². The van der Waals surface area contributed by atoms with Crippen LogP contribution in [0.25, 0.3) is 21.5 Å². The number of halogens is 2. The van der Waals surface area contributed by atoms with Crippen molar-refractivity contribution in [2.75, 3.05) is 0 Å². The minimum Gasteiger partial charge on any atom is -1.00 e. The molecule has 3 heteroatoms. The van der Waals surface area contributed by atoms with Crippen LogP contribution in [0.5, 0.6) is 0 Å². The van der Waals surface area contributed by atoms with Gasteiger partial charge in [0.15, 0.2) is 0 Å². The smallest absolute Gasteiger partial charge is 0.0771 e. The average molecular weight is 687 g/mol. The number of allylic oxidation sites excluding steroid dienone is 4. The zero-order valence-corrected chi connectivity index (χ0v) is 29.9. The first kappa shape index (κ1) is 34.2. The first-order valence-electron chi connectivity index (χ1n) is 15.9. The van der Waals surface area contributed by atoms with E-state index >= 15 is 0 Å². The molecule has 0 radical (unpaired) electrons. The largest absolute Gasteiger partial charge is 1.00 e. The first-order valence-corrected chi connectivity index (χ1v) is 17.1. The van der Waals surface area contributed by atoms with E-state index in [2.05, 4.69) is 118 Å². The SMILES string of the molecule is CC1=[C-]C(C)C=C1CC12CC3CC(CC(C3)C1)C2.CC[C](=[Zr+2])c1ccccc1.[Cl-].[Cl-].c1ccc2c(c1)[cH-]c1ccccc12. The molecule has 0 spiro atoms. The van der Waals surface area contributed by atoms with E-state index in [0.717, 1.165) is 17.8 Å². The molecule has 4 aromatic carbocycles. The Kier molecular flexibility index (Phi) is 12.0. The van der Waals surface area contributed by atoms with Gasteiger partial charge in [-0.25, -0.2) is 5.57 Å². The Labute approximate surface area is 286 Å². The molecule has 0 heterocycles. The van der Waals surface area contributed by atoms with Crippen molar-refractivity contribution in [2.24, 2.45) is 29.1 Å². The summed E-state index contributed by atoms with van der Waals surface area (Å²) in [4.78, 5) is 0. The predicted octanol–water partition coefficient (Wildman–Crippen LogP) is 4.80. The van der Waals surface area contributed by atoms with Crippen molar-refractivity contribution in [3.8, 4) is 0 Å². The Morgan fingerprint density at radius 2 is 1.28 bits per heavy atom. The predicted molar refractivity (Wildman–Crippen MR) is 173 cm³/mol. The van der Waals surface area contributed by atoms with Crippen LogP contribution in [0, 0.1) is 35.2 Å². The molecule has 9 rings (SSSR count). The summed E-state index contributed by atoms with van der Waals surface area (Å²) in [6, 6.07) is 29.9. The van der Waals surface area contributed by atoms with Crippen LogP contribution in [0.4, 0.5) is 0 Å². The van der Waals surface area contributed by atoms with Crippen molar-refractivity contribution in [2.45, 2.75) is 72.1 Å². The van der Waals surface area contributed by atoms with Crippen molar-refractivity contribution in [1.29, 1.82) is 0 Å². The van der Waals surface area contributed by atoms with Crippen molar-refractivity contribution < 1.29 is 49.0 Å². The second-order valence-electron chi connectivity index (χ2n) is 13.4. The third-order valence-corrected chi connectivity index (χ3v) is 11.7. The van der Waals surface area contributed by atoms with Crippen LogP contribution >= 0.6 is 0 Å². The summed E-state index contributed by atoms with van der Waals surface area (Å²) in [5.74, 6) is 3.82. The zero-order valence-electron chi connectivity index (χ0n) is 25.9. The second kappa shape index (κ2) is 15.1. The summed E-state index contributed by atoms with van der Waals surface area (Å²) in [5, 5.41) is 5.39. The molecule has 5 aliphatic carbocycles. The summed E-state index contributed by atoms with van der Waals surface area (Å²) >= 11 is 1.54. The van der Waals surface area contributed by atoms with Gasteiger partial charge in [-0.2, -0.15) is 11.6 Å². The fourth-order valence-corrected chi connectivity index (χ4v) is 9.16. The molecule has 43 heavy (non-hydrogen) atoms. The van der Waals surface area contributed by atoms with Crippen LogP contribution in [0.2, 0.25) is 0 Å². The molecular formula is C40H44Cl2Zr-2. The minimum absolute atomic E-state index is 0. The van der Waals surface area contributed by atoms with Crippen LogP contribution < -0.4 is 24.8 Å². The van der Waals surface area contributed by atoms with Gasteiger partial charge >= 0.3 is 76.7 Å². The molecule has 0 saturated heterocycles. The van der Waals surface area contributed by atoms with Crippen LogP contribution in [0.3, 0.4) is 0 Å². The Balaban J connectivity index is 0.000000151. The summed E-state index contributed by atoms with van der Waals surface area (Å²) in [6.07, 6.45) is 17.9. The summed E-state index contributed by atoms with van der Waals surface area (Å²) < 4.78 is 1.55. The summed E-state index contributed by atoms with van der Waals surface area (Å²) in [7, 11) is 0. The van der Waals surface area contributed by atoms with Crippen molar-refractivity contribution in [3.63, 3.8) is 0 Å². The van der Waals surface area contributed by atoms with Crippen LogP contribution in [0.1, 0.15) is 77.7 Å². The molecule has 4 bridgehead atoms. The second-order valence-corrected chi connectivity index (χ2v) is 14.8. The zero-order chi connectivity index (χ0) is 28.4. The Bertz CT molecular complexity index is 1490. The van der Waals surface area contributed by atoms with E-state index in [9.17, 15) is 0 Å². The van der Waals surface area contributed by atoms with E-state index < -0.39 is 0 Å². The number of rotatable bonds is 4. The van der Waals surface area contributed by atoms with Crippen molar-refractivity contribution in [1.82, 2.24) is 0 Å². The molecule has 1 unspecified atom stereocenters. The number of hydrogen-bond acceptors (Lipinski definition) is 0. The van der Waals surface area contributed by atoms with E-state index in [0.29, 0.717) is 11.3 Å². The Morgan fingerprint density at radius 1 is 0.791 bits per heavy atom. The van der Waals surface area contributed by atoms with E-state index in [4.69, 9.17) is 0 Å². The maximum absolute atomic E-state index is 3.57. The third kappa shape index (κ3) is 7.96. The van der Waals surface area contributed by atoms with Crippen molar-refractivity contribution >= 4 is 24.8 Å². The quantitative estimate of drug-likeness (QED) is 0.271. The molecule has 0 N–H and O–H groups in total. The van der Waals surface area contributed by atoms with Crippen LogP contribution in [0.15, 0.2) is 102 Å². The molecule has 0 amide bonds. The molecule has 4 aromatic rings. The van der Waals surface area contributed by atoms with E-state index in [-0.39, 0.29) is 24.8 Å². The standard InChI is InChI=1S/C18H25.C13H9.C9H10.2ClH.Zr/c1-12-3-13(2)17(4-12)11-18-8-14-5-15(9-18)7-16(6-14)10-18;1-3-7-12-10(5-1)9-11-6-2-4-8-13(11)12;1-2-6-9-7-4-3-5-8-9;;;/h4,12,14-16H,5-11H2,1-2H3;1-9H;3-5,7-8H,2H2,1H3;2*1H;/q2*-1;;;;+2/p-2. The first-order chi connectivity index (χ1) is 19.9. The Morgan fingerprint density at radius 3 is 1.74 bits per heavy atom. The molecule has 4 fully saturated rings. The van der Waals surface area contributed by atoms with Crippen LogP contribution in [-0.2, 0) is 24.2 Å². The molecular weight excluding hydrogens is 643 g/mol. The normalized spacial score (nSPS) is 26.3. The average Bonchev–Trinajstić information content (AvgIpc) is 3.50. The maximum atomic E-state index is 3.57. The van der Waals surface area contributed by atoms with Gasteiger partial charge in [-0.3, -0.25) is 6.08 Å². The van der Waals surface area contributed by atoms with Gasteiger partial charge in [0.2, 0.25) is 0 Å². The number of hydrogen-bond donors (Lipinski definition) is 0. The van der Waals surface area contributed by atoms with Gasteiger partial charge in [-0.1, -0.05) is 62.6 Å². The van der Waals surface area contributed by atoms with Gasteiger partial charge in [0.25, 0.3) is 0 Å². The summed E-state index contributed by atoms with van der Waals surface area (Å²) in [5.41, 5.74) is 5.21. The van der Waals surface area contributed by atoms with E-state index in [1.165, 1.54) is 69.8 Å². The maximum Gasteiger partial charge on any atom is -0.0771 e. The number of benzene rings is 3. The molecule has 0 aliphatic heterocycles. The minimum atomic E-state index is 0. The molecule has 5 aliphatic rings. The van der Waals surface area contributed by atoms with E-state index in [1.54, 1.807) is 47.3 Å². The molecule has 0 aromatic heterocycles. The molecule has 4 saturated carbocycles. The van der Waals surface area contributed by atoms with Gasteiger partial charge < -0.3 is 24.8 Å². The van der Waals surface area contributed by atoms with Crippen LogP contribution in [-0.4, -0.2) is 3.21 Å². The fraction of sp³-hybridized carbons (Fsp3) is 0.400. The molecule has 1 atom stereocenters. The van der Waals surface area contributed by atoms with Gasteiger partial charge in [-0.15, -0.1) is 39.7 Å². The fourth-order valence-electron chi connectivity index (χ4n) is 8.75. The third-order valence-electron chi connectivity index (χ3n) is 10.1. The monoisotopic (exact) mass is 684 g/mol.